The smallest absolute Gasteiger partial charge is 0.0682 e. The first-order chi connectivity index (χ1) is 12.2. The molecule has 136 valence electrons. The summed E-state index contributed by atoms with van der Waals surface area (Å²) < 4.78 is 0. The topological polar surface area (TPSA) is 30.0 Å². The van der Waals surface area contributed by atoms with Crippen molar-refractivity contribution in [2.75, 3.05) is 39.3 Å². The van der Waals surface area contributed by atoms with Gasteiger partial charge in [-0.25, -0.2) is 0 Å². The Morgan fingerprint density at radius 3 is 2.52 bits per heavy atom. The summed E-state index contributed by atoms with van der Waals surface area (Å²) in [4.78, 5) is 8.09. The average Bonchev–Trinajstić information content (AvgIpc) is 2.91. The fourth-order valence-corrected chi connectivity index (χ4v) is 5.62. The molecule has 4 nitrogen and oxygen atoms in total. The molecule has 0 radical (unpaired) electrons. The molecule has 5 rings (SSSR count). The van der Waals surface area contributed by atoms with E-state index in [0.717, 1.165) is 38.5 Å². The lowest BCUT2D eigenvalue weighted by Gasteiger charge is -2.63. The Balaban J connectivity index is 1.26. The Kier molecular flexibility index (Phi) is 4.12. The number of hydrogen-bond acceptors (Lipinski definition) is 4. The molecule has 1 aromatic carbocycles. The quantitative estimate of drug-likeness (QED) is 0.901. The van der Waals surface area contributed by atoms with Crippen molar-refractivity contribution in [1.82, 2.24) is 14.7 Å². The number of likely N-dealkylation sites (tertiary alicyclic amines) is 1. The molecule has 2 atom stereocenters. The van der Waals surface area contributed by atoms with Crippen LogP contribution in [0.15, 0.2) is 30.3 Å². The van der Waals surface area contributed by atoms with E-state index in [1.54, 1.807) is 0 Å². The highest BCUT2D eigenvalue weighted by Gasteiger charge is 2.57. The van der Waals surface area contributed by atoms with Gasteiger partial charge in [0.1, 0.15) is 0 Å². The molecule has 3 saturated heterocycles. The molecule has 1 saturated carbocycles. The molecule has 1 N–H and O–H groups in total. The molecule has 0 amide bonds. The van der Waals surface area contributed by atoms with Gasteiger partial charge in [-0.15, -0.1) is 0 Å². The predicted octanol–water partition coefficient (Wildman–Crippen LogP) is 1.59. The van der Waals surface area contributed by atoms with E-state index in [4.69, 9.17) is 0 Å². The molecular formula is C21H31N3O. The van der Waals surface area contributed by atoms with Gasteiger partial charge in [-0.05, 0) is 31.2 Å². The number of β-amino-alcohol motifs (C(OH)–C–C–N with tert-alkyl or cyclic N) is 1. The number of aliphatic hydroxyl groups excluding tert-OH is 1. The van der Waals surface area contributed by atoms with Gasteiger partial charge in [0, 0.05) is 51.4 Å². The van der Waals surface area contributed by atoms with Crippen molar-refractivity contribution >= 4 is 0 Å². The van der Waals surface area contributed by atoms with E-state index in [2.05, 4.69) is 45.0 Å². The van der Waals surface area contributed by atoms with Gasteiger partial charge in [-0.2, -0.15) is 0 Å². The molecule has 3 aliphatic heterocycles. The fourth-order valence-electron chi connectivity index (χ4n) is 5.62. The fraction of sp³-hybridized carbons (Fsp3) is 0.714. The number of benzene rings is 1. The maximum atomic E-state index is 10.3. The summed E-state index contributed by atoms with van der Waals surface area (Å²) >= 11 is 0. The van der Waals surface area contributed by atoms with E-state index in [0.29, 0.717) is 11.6 Å². The van der Waals surface area contributed by atoms with Gasteiger partial charge in [0.15, 0.2) is 0 Å². The molecule has 1 spiro atoms. The molecule has 2 unspecified atom stereocenters. The lowest BCUT2D eigenvalue weighted by molar-refractivity contribution is -0.135. The first-order valence-electron chi connectivity index (χ1n) is 10.2. The number of nitrogens with zero attached hydrogens (tertiary/aromatic N) is 3. The number of hydrogen-bond donors (Lipinski definition) is 1. The molecule has 1 aliphatic carbocycles. The van der Waals surface area contributed by atoms with Gasteiger partial charge < -0.3 is 5.11 Å². The SMILES string of the molecule is OC1CC2CN(CCc3ccccc3)CC3(CN(C4CCC4)C3)N2C1. The van der Waals surface area contributed by atoms with Crippen LogP contribution in [0.5, 0.6) is 0 Å². The van der Waals surface area contributed by atoms with E-state index in [-0.39, 0.29) is 6.10 Å². The van der Waals surface area contributed by atoms with Gasteiger partial charge in [-0.3, -0.25) is 14.7 Å². The highest BCUT2D eigenvalue weighted by atomic mass is 16.3. The van der Waals surface area contributed by atoms with Gasteiger partial charge in [-0.1, -0.05) is 36.8 Å². The summed E-state index contributed by atoms with van der Waals surface area (Å²) in [5, 5.41) is 10.3. The van der Waals surface area contributed by atoms with Crippen LogP contribution in [-0.2, 0) is 6.42 Å². The van der Waals surface area contributed by atoms with Gasteiger partial charge >= 0.3 is 0 Å². The maximum Gasteiger partial charge on any atom is 0.0682 e. The average molecular weight is 341 g/mol. The molecular weight excluding hydrogens is 310 g/mol. The molecule has 25 heavy (non-hydrogen) atoms. The van der Waals surface area contributed by atoms with Crippen LogP contribution in [0.3, 0.4) is 0 Å². The highest BCUT2D eigenvalue weighted by molar-refractivity contribution is 5.17. The summed E-state index contributed by atoms with van der Waals surface area (Å²) in [5.41, 5.74) is 1.75. The van der Waals surface area contributed by atoms with Crippen molar-refractivity contribution in [2.24, 2.45) is 0 Å². The number of aliphatic hydroxyl groups is 1. The minimum atomic E-state index is -0.117. The van der Waals surface area contributed by atoms with Crippen molar-refractivity contribution in [1.29, 1.82) is 0 Å². The standard InChI is InChI=1S/C21H31N3O/c25-20-11-19-12-22(10-9-17-5-2-1-3-6-17)14-21(24(19)13-20)15-23(16-21)18-7-4-8-18/h1-3,5-6,18-20,25H,4,7-16H2. The summed E-state index contributed by atoms with van der Waals surface area (Å²) in [6.45, 7) is 6.82. The summed E-state index contributed by atoms with van der Waals surface area (Å²) in [5.74, 6) is 0. The Hall–Kier alpha value is -0.940. The van der Waals surface area contributed by atoms with Gasteiger partial charge in [0.2, 0.25) is 0 Å². The Bertz CT molecular complexity index is 596. The highest BCUT2D eigenvalue weighted by Crippen LogP contribution is 2.42. The first kappa shape index (κ1) is 16.2. The minimum absolute atomic E-state index is 0.117. The van der Waals surface area contributed by atoms with Crippen LogP contribution in [0.1, 0.15) is 31.2 Å². The molecule has 4 heteroatoms. The zero-order chi connectivity index (χ0) is 16.9. The summed E-state index contributed by atoms with van der Waals surface area (Å²) in [6.07, 6.45) is 6.21. The van der Waals surface area contributed by atoms with Crippen LogP contribution in [0, 0.1) is 0 Å². The number of piperazine rings is 1. The molecule has 4 aliphatic rings. The second-order valence-corrected chi connectivity index (χ2v) is 8.88. The third-order valence-corrected chi connectivity index (χ3v) is 7.13. The maximum absolute atomic E-state index is 10.3. The van der Waals surface area contributed by atoms with E-state index >= 15 is 0 Å². The van der Waals surface area contributed by atoms with E-state index in [1.165, 1.54) is 44.5 Å². The van der Waals surface area contributed by atoms with E-state index in [1.807, 2.05) is 0 Å². The van der Waals surface area contributed by atoms with Crippen molar-refractivity contribution in [3.8, 4) is 0 Å². The lowest BCUT2D eigenvalue weighted by Crippen LogP contribution is -2.79. The summed E-state index contributed by atoms with van der Waals surface area (Å²) in [7, 11) is 0. The van der Waals surface area contributed by atoms with Crippen LogP contribution in [0.2, 0.25) is 0 Å². The summed E-state index contributed by atoms with van der Waals surface area (Å²) in [6, 6.07) is 12.3. The first-order valence-corrected chi connectivity index (χ1v) is 10.2. The zero-order valence-electron chi connectivity index (χ0n) is 15.2. The number of fused-ring (bicyclic) bond motifs is 2. The van der Waals surface area contributed by atoms with Crippen LogP contribution in [0.4, 0.5) is 0 Å². The third-order valence-electron chi connectivity index (χ3n) is 7.13. The largest absolute Gasteiger partial charge is 0.392 e. The Morgan fingerprint density at radius 1 is 1.00 bits per heavy atom. The van der Waals surface area contributed by atoms with Crippen molar-refractivity contribution in [2.45, 2.75) is 55.8 Å². The number of rotatable bonds is 4. The molecule has 0 aromatic heterocycles. The normalized spacial score (nSPS) is 33.2. The Morgan fingerprint density at radius 2 is 1.80 bits per heavy atom. The lowest BCUT2D eigenvalue weighted by atomic mass is 9.79. The van der Waals surface area contributed by atoms with Gasteiger partial charge in [0.25, 0.3) is 0 Å². The van der Waals surface area contributed by atoms with E-state index < -0.39 is 0 Å². The van der Waals surface area contributed by atoms with Crippen molar-refractivity contribution in [3.05, 3.63) is 35.9 Å². The minimum Gasteiger partial charge on any atom is -0.392 e. The van der Waals surface area contributed by atoms with Crippen LogP contribution >= 0.6 is 0 Å². The van der Waals surface area contributed by atoms with Crippen molar-refractivity contribution in [3.63, 3.8) is 0 Å². The second kappa shape index (κ2) is 6.34. The monoisotopic (exact) mass is 341 g/mol. The van der Waals surface area contributed by atoms with Crippen LogP contribution in [-0.4, -0.2) is 82.8 Å². The second-order valence-electron chi connectivity index (χ2n) is 8.88. The predicted molar refractivity (Wildman–Crippen MR) is 99.6 cm³/mol. The van der Waals surface area contributed by atoms with Crippen molar-refractivity contribution < 1.29 is 5.11 Å². The van der Waals surface area contributed by atoms with Gasteiger partial charge in [0.05, 0.1) is 11.6 Å². The molecule has 1 aromatic rings. The third kappa shape index (κ3) is 2.93. The molecule has 0 bridgehead atoms. The molecule has 4 fully saturated rings. The zero-order valence-corrected chi connectivity index (χ0v) is 15.2. The Labute approximate surface area is 151 Å². The van der Waals surface area contributed by atoms with Crippen LogP contribution in [0.25, 0.3) is 0 Å². The van der Waals surface area contributed by atoms with Crippen LogP contribution < -0.4 is 0 Å². The molecule has 3 heterocycles. The van der Waals surface area contributed by atoms with E-state index in [9.17, 15) is 5.11 Å².